The average Bonchev–Trinajstić information content (AvgIpc) is 3.45. The molecule has 0 fully saturated rings. The SMILES string of the molecule is Cc1cc(C(=O)[C@@H](C)Sc2nnc(-c3ccccc3)n2C)c(C)n1Cc1ccco1. The van der Waals surface area contributed by atoms with Gasteiger partial charge in [-0.3, -0.25) is 4.79 Å². The quantitative estimate of drug-likeness (QED) is 0.314. The number of benzene rings is 1. The number of Topliss-reactive ketones (excluding diaryl/α,β-unsaturated/α-hetero) is 1. The second-order valence-electron chi connectivity index (χ2n) is 7.31. The first-order valence-electron chi connectivity index (χ1n) is 9.80. The molecular weight excluding hydrogens is 396 g/mol. The maximum Gasteiger partial charge on any atom is 0.191 e. The number of rotatable bonds is 7. The maximum atomic E-state index is 13.2. The molecule has 30 heavy (non-hydrogen) atoms. The number of ketones is 1. The normalized spacial score (nSPS) is 12.3. The molecule has 7 heteroatoms. The van der Waals surface area contributed by atoms with Gasteiger partial charge in [0.1, 0.15) is 5.76 Å². The lowest BCUT2D eigenvalue weighted by molar-refractivity contribution is 0.0993. The minimum absolute atomic E-state index is 0.0862. The molecule has 0 aliphatic carbocycles. The van der Waals surface area contributed by atoms with Crippen molar-refractivity contribution in [3.8, 4) is 11.4 Å². The second kappa shape index (κ2) is 8.36. The Kier molecular flexibility index (Phi) is 5.63. The number of thioether (sulfide) groups is 1. The van der Waals surface area contributed by atoms with Crippen molar-refractivity contribution in [2.75, 3.05) is 0 Å². The van der Waals surface area contributed by atoms with E-state index >= 15 is 0 Å². The van der Waals surface area contributed by atoms with Gasteiger partial charge in [-0.2, -0.15) is 0 Å². The first-order valence-corrected chi connectivity index (χ1v) is 10.7. The van der Waals surface area contributed by atoms with Crippen LogP contribution >= 0.6 is 11.8 Å². The maximum absolute atomic E-state index is 13.2. The number of furan rings is 1. The molecule has 0 N–H and O–H groups in total. The summed E-state index contributed by atoms with van der Waals surface area (Å²) < 4.78 is 9.51. The van der Waals surface area contributed by atoms with Gasteiger partial charge in [0.15, 0.2) is 16.8 Å². The molecule has 1 atom stereocenters. The lowest BCUT2D eigenvalue weighted by Gasteiger charge is -2.11. The summed E-state index contributed by atoms with van der Waals surface area (Å²) in [6.07, 6.45) is 1.67. The zero-order valence-electron chi connectivity index (χ0n) is 17.5. The number of aromatic nitrogens is 4. The number of carbonyl (C=O) groups is 1. The average molecular weight is 421 g/mol. The summed E-state index contributed by atoms with van der Waals surface area (Å²) in [5.74, 6) is 1.74. The minimum Gasteiger partial charge on any atom is -0.467 e. The van der Waals surface area contributed by atoms with Crippen LogP contribution in [0, 0.1) is 13.8 Å². The zero-order valence-corrected chi connectivity index (χ0v) is 18.3. The van der Waals surface area contributed by atoms with Gasteiger partial charge in [0.25, 0.3) is 0 Å². The molecule has 0 bridgehead atoms. The van der Waals surface area contributed by atoms with E-state index < -0.39 is 0 Å². The van der Waals surface area contributed by atoms with Crippen LogP contribution in [-0.2, 0) is 13.6 Å². The molecule has 0 radical (unpaired) electrons. The first-order chi connectivity index (χ1) is 14.5. The van der Waals surface area contributed by atoms with Crippen LogP contribution < -0.4 is 0 Å². The topological polar surface area (TPSA) is 65.8 Å². The third-order valence-electron chi connectivity index (χ3n) is 5.25. The van der Waals surface area contributed by atoms with Gasteiger partial charge in [0.05, 0.1) is 18.1 Å². The third-order valence-corrected chi connectivity index (χ3v) is 6.39. The van der Waals surface area contributed by atoms with Gasteiger partial charge in [-0.25, -0.2) is 0 Å². The molecule has 0 saturated heterocycles. The fraction of sp³-hybridized carbons (Fsp3) is 0.261. The Labute approximate surface area is 179 Å². The fourth-order valence-electron chi connectivity index (χ4n) is 3.54. The number of carbonyl (C=O) groups excluding carboxylic acids is 1. The van der Waals surface area contributed by atoms with Crippen LogP contribution in [0.15, 0.2) is 64.4 Å². The van der Waals surface area contributed by atoms with Crippen molar-refractivity contribution in [3.63, 3.8) is 0 Å². The molecule has 3 aromatic heterocycles. The van der Waals surface area contributed by atoms with Crippen LogP contribution in [0.1, 0.15) is 34.4 Å². The molecule has 0 unspecified atom stereocenters. The summed E-state index contributed by atoms with van der Waals surface area (Å²) in [4.78, 5) is 13.2. The van der Waals surface area contributed by atoms with Crippen LogP contribution in [0.4, 0.5) is 0 Å². The molecule has 154 valence electrons. The standard InChI is InChI=1S/C23H24N4O2S/c1-15-13-20(16(2)27(15)14-19-11-8-12-29-19)21(28)17(3)30-23-25-24-22(26(23)4)18-9-6-5-7-10-18/h5-13,17H,14H2,1-4H3/t17-/m1/s1. The zero-order chi connectivity index (χ0) is 21.3. The highest BCUT2D eigenvalue weighted by molar-refractivity contribution is 8.00. The Morgan fingerprint density at radius 3 is 2.60 bits per heavy atom. The van der Waals surface area contributed by atoms with Gasteiger partial charge in [0.2, 0.25) is 0 Å². The van der Waals surface area contributed by atoms with Gasteiger partial charge in [-0.1, -0.05) is 42.1 Å². The van der Waals surface area contributed by atoms with Crippen molar-refractivity contribution >= 4 is 17.5 Å². The Morgan fingerprint density at radius 2 is 1.90 bits per heavy atom. The predicted octanol–water partition coefficient (Wildman–Crippen LogP) is 4.91. The molecular formula is C23H24N4O2S. The van der Waals surface area contributed by atoms with Crippen LogP contribution in [0.25, 0.3) is 11.4 Å². The largest absolute Gasteiger partial charge is 0.467 e. The summed E-state index contributed by atoms with van der Waals surface area (Å²) in [6, 6.07) is 15.7. The highest BCUT2D eigenvalue weighted by Gasteiger charge is 2.24. The van der Waals surface area contributed by atoms with Gasteiger partial charge in [-0.05, 0) is 39.0 Å². The molecule has 3 heterocycles. The van der Waals surface area contributed by atoms with E-state index in [0.29, 0.717) is 6.54 Å². The highest BCUT2D eigenvalue weighted by Crippen LogP contribution is 2.29. The van der Waals surface area contributed by atoms with Gasteiger partial charge in [-0.15, -0.1) is 10.2 Å². The Balaban J connectivity index is 1.53. The van der Waals surface area contributed by atoms with Crippen LogP contribution in [0.2, 0.25) is 0 Å². The predicted molar refractivity (Wildman–Crippen MR) is 118 cm³/mol. The van der Waals surface area contributed by atoms with E-state index in [1.54, 1.807) is 6.26 Å². The summed E-state index contributed by atoms with van der Waals surface area (Å²) in [5, 5.41) is 9.06. The van der Waals surface area contributed by atoms with Crippen molar-refractivity contribution < 1.29 is 9.21 Å². The molecule has 4 rings (SSSR count). The smallest absolute Gasteiger partial charge is 0.191 e. The molecule has 0 spiro atoms. The number of hydrogen-bond acceptors (Lipinski definition) is 5. The van der Waals surface area contributed by atoms with Gasteiger partial charge < -0.3 is 13.6 Å². The van der Waals surface area contributed by atoms with Crippen molar-refractivity contribution in [1.29, 1.82) is 0 Å². The van der Waals surface area contributed by atoms with Crippen LogP contribution in [-0.4, -0.2) is 30.4 Å². The van der Waals surface area contributed by atoms with Crippen LogP contribution in [0.5, 0.6) is 0 Å². The lowest BCUT2D eigenvalue weighted by Crippen LogP contribution is -2.15. The molecule has 0 aliphatic rings. The molecule has 4 aromatic rings. The summed E-state index contributed by atoms with van der Waals surface area (Å²) >= 11 is 1.43. The molecule has 0 aliphatic heterocycles. The van der Waals surface area contributed by atoms with E-state index in [4.69, 9.17) is 4.42 Å². The first kappa shape index (κ1) is 20.2. The van der Waals surface area contributed by atoms with Crippen molar-refractivity contribution in [3.05, 3.63) is 77.5 Å². The van der Waals surface area contributed by atoms with Gasteiger partial charge in [0, 0.05) is 29.6 Å². The van der Waals surface area contributed by atoms with Crippen molar-refractivity contribution in [1.82, 2.24) is 19.3 Å². The number of nitrogens with zero attached hydrogens (tertiary/aromatic N) is 4. The summed E-state index contributed by atoms with van der Waals surface area (Å²) in [7, 11) is 1.93. The van der Waals surface area contributed by atoms with Crippen molar-refractivity contribution in [2.45, 2.75) is 37.7 Å². The van der Waals surface area contributed by atoms with E-state index in [0.717, 1.165) is 39.3 Å². The third kappa shape index (κ3) is 3.85. The second-order valence-corrected chi connectivity index (χ2v) is 8.61. The Morgan fingerprint density at radius 1 is 1.13 bits per heavy atom. The van der Waals surface area contributed by atoms with E-state index in [1.165, 1.54) is 11.8 Å². The minimum atomic E-state index is -0.283. The van der Waals surface area contributed by atoms with Crippen LogP contribution in [0.3, 0.4) is 0 Å². The monoisotopic (exact) mass is 420 g/mol. The highest BCUT2D eigenvalue weighted by atomic mass is 32.2. The molecule has 0 amide bonds. The summed E-state index contributed by atoms with van der Waals surface area (Å²) in [5.41, 5.74) is 3.73. The van der Waals surface area contributed by atoms with E-state index in [2.05, 4.69) is 14.8 Å². The fourth-order valence-corrected chi connectivity index (χ4v) is 4.42. The number of hydrogen-bond donors (Lipinski definition) is 0. The Hall–Kier alpha value is -3.06. The molecule has 6 nitrogen and oxygen atoms in total. The lowest BCUT2D eigenvalue weighted by atomic mass is 10.1. The van der Waals surface area contributed by atoms with Gasteiger partial charge >= 0.3 is 0 Å². The number of aryl methyl sites for hydroxylation is 1. The van der Waals surface area contributed by atoms with E-state index in [-0.39, 0.29) is 11.0 Å². The summed E-state index contributed by atoms with van der Waals surface area (Å²) in [6.45, 7) is 6.53. The molecule has 1 aromatic carbocycles. The van der Waals surface area contributed by atoms with E-state index in [9.17, 15) is 4.79 Å². The molecule has 0 saturated carbocycles. The van der Waals surface area contributed by atoms with E-state index in [1.807, 2.05) is 80.9 Å². The van der Waals surface area contributed by atoms with Crippen molar-refractivity contribution in [2.24, 2.45) is 7.05 Å². The Bertz CT molecular complexity index is 1160.